The number of benzene rings is 1. The van der Waals surface area contributed by atoms with Crippen LogP contribution in [0.25, 0.3) is 5.65 Å². The first-order valence-electron chi connectivity index (χ1n) is 7.99. The molecule has 0 atom stereocenters. The zero-order chi connectivity index (χ0) is 20.1. The van der Waals surface area contributed by atoms with Crippen molar-refractivity contribution in [1.82, 2.24) is 19.9 Å². The van der Waals surface area contributed by atoms with Gasteiger partial charge in [0.05, 0.1) is 37.4 Å². The predicted molar refractivity (Wildman–Crippen MR) is 86.0 cm³/mol. The van der Waals surface area contributed by atoms with Gasteiger partial charge in [0.1, 0.15) is 16.9 Å². The Morgan fingerprint density at radius 2 is 2.04 bits per heavy atom. The first-order valence-corrected chi connectivity index (χ1v) is 7.99. The van der Waals surface area contributed by atoms with Gasteiger partial charge in [0.2, 0.25) is 0 Å². The van der Waals surface area contributed by atoms with E-state index in [0.29, 0.717) is 6.07 Å². The number of carbonyl (C=O) groups excluding carboxylic acids is 1. The minimum Gasteiger partial charge on any atom is -0.505 e. The number of nitrogens with one attached hydrogen (secondary N) is 1. The maximum absolute atomic E-state index is 14.4. The lowest BCUT2D eigenvalue weighted by Crippen LogP contribution is -2.59. The highest BCUT2D eigenvalue weighted by molar-refractivity contribution is 6.00. The van der Waals surface area contributed by atoms with Crippen molar-refractivity contribution in [3.63, 3.8) is 0 Å². The van der Waals surface area contributed by atoms with Gasteiger partial charge in [0, 0.05) is 5.56 Å². The highest BCUT2D eigenvalue weighted by atomic mass is 19.4. The summed E-state index contributed by atoms with van der Waals surface area (Å²) in [6.45, 7) is -0.205. The van der Waals surface area contributed by atoms with Gasteiger partial charge in [-0.2, -0.15) is 18.3 Å². The molecule has 28 heavy (non-hydrogen) atoms. The average Bonchev–Trinajstić information content (AvgIpc) is 3.00. The molecule has 1 fully saturated rings. The van der Waals surface area contributed by atoms with E-state index >= 15 is 0 Å². The molecule has 0 radical (unpaired) electrons. The number of alkyl halides is 3. The number of aromatic hydroxyl groups is 1. The van der Waals surface area contributed by atoms with E-state index in [0.717, 1.165) is 18.3 Å². The highest BCUT2D eigenvalue weighted by Crippen LogP contribution is 2.36. The first kappa shape index (κ1) is 18.2. The maximum atomic E-state index is 14.4. The summed E-state index contributed by atoms with van der Waals surface area (Å²) in [5.41, 5.74) is -2.34. The zero-order valence-corrected chi connectivity index (χ0v) is 14.0. The standard InChI is InChI=1S/C17H12F4N4O3/c18-13-3-9(17(19,20)21)1-2-12(13)16(7-28-8-16)24-15(27)11-5-23-25-6-10(26)4-22-14(11)25/h1-6,26H,7-8H2,(H,24,27). The second-order valence-electron chi connectivity index (χ2n) is 6.36. The van der Waals surface area contributed by atoms with E-state index in [1.807, 2.05) is 0 Å². The fourth-order valence-corrected chi connectivity index (χ4v) is 2.99. The van der Waals surface area contributed by atoms with E-state index in [2.05, 4.69) is 15.4 Å². The summed E-state index contributed by atoms with van der Waals surface area (Å²) < 4.78 is 59.0. The van der Waals surface area contributed by atoms with Crippen LogP contribution in [0.2, 0.25) is 0 Å². The molecule has 3 aromatic rings. The van der Waals surface area contributed by atoms with E-state index in [1.165, 1.54) is 16.9 Å². The zero-order valence-electron chi connectivity index (χ0n) is 14.0. The van der Waals surface area contributed by atoms with Crippen LogP contribution >= 0.6 is 0 Å². The number of hydrogen-bond acceptors (Lipinski definition) is 5. The largest absolute Gasteiger partial charge is 0.505 e. The summed E-state index contributed by atoms with van der Waals surface area (Å²) in [7, 11) is 0. The minimum atomic E-state index is -4.68. The van der Waals surface area contributed by atoms with Crippen LogP contribution in [-0.2, 0) is 16.5 Å². The Bertz CT molecular complexity index is 1080. The molecule has 11 heteroatoms. The van der Waals surface area contributed by atoms with E-state index in [9.17, 15) is 27.5 Å². The first-order chi connectivity index (χ1) is 13.2. The molecule has 0 bridgehead atoms. The van der Waals surface area contributed by atoms with Crippen molar-refractivity contribution in [3.8, 4) is 5.75 Å². The van der Waals surface area contributed by atoms with E-state index in [1.54, 1.807) is 0 Å². The molecule has 0 aliphatic carbocycles. The Labute approximate surface area is 154 Å². The van der Waals surface area contributed by atoms with Crippen LogP contribution in [0, 0.1) is 5.82 Å². The third-order valence-electron chi connectivity index (χ3n) is 4.45. The molecule has 2 N–H and O–H groups in total. The van der Waals surface area contributed by atoms with Crippen molar-refractivity contribution >= 4 is 11.6 Å². The van der Waals surface area contributed by atoms with Crippen LogP contribution in [0.5, 0.6) is 5.75 Å². The quantitative estimate of drug-likeness (QED) is 0.663. The van der Waals surface area contributed by atoms with Crippen molar-refractivity contribution < 1.29 is 32.2 Å². The third kappa shape index (κ3) is 2.93. The molecule has 1 amide bonds. The molecule has 1 aromatic carbocycles. The molecule has 0 unspecified atom stereocenters. The lowest BCUT2D eigenvalue weighted by Gasteiger charge is -2.42. The Morgan fingerprint density at radius 3 is 2.64 bits per heavy atom. The normalized spacial score (nSPS) is 16.0. The van der Waals surface area contributed by atoms with Gasteiger partial charge in [-0.25, -0.2) is 13.9 Å². The Hall–Kier alpha value is -3.21. The number of amides is 1. The van der Waals surface area contributed by atoms with Gasteiger partial charge in [-0.05, 0) is 12.1 Å². The summed E-state index contributed by atoms with van der Waals surface area (Å²) >= 11 is 0. The smallest absolute Gasteiger partial charge is 0.416 e. The minimum absolute atomic E-state index is 0.0543. The molecule has 3 heterocycles. The van der Waals surface area contributed by atoms with Gasteiger partial charge < -0.3 is 15.2 Å². The summed E-state index contributed by atoms with van der Waals surface area (Å²) in [6, 6.07) is 2.14. The lowest BCUT2D eigenvalue weighted by atomic mass is 9.86. The molecular formula is C17H12F4N4O3. The molecule has 0 saturated carbocycles. The van der Waals surface area contributed by atoms with Gasteiger partial charge in [-0.15, -0.1) is 0 Å². The number of ether oxygens (including phenoxy) is 1. The molecule has 1 aliphatic heterocycles. The van der Waals surface area contributed by atoms with E-state index in [-0.39, 0.29) is 35.7 Å². The Kier molecular flexibility index (Phi) is 4.00. The Morgan fingerprint density at radius 1 is 1.29 bits per heavy atom. The number of carbonyl (C=O) groups is 1. The SMILES string of the molecule is O=C(NC1(c2ccc(C(F)(F)F)cc2F)COC1)c1cnn2cc(O)cnc12. The van der Waals surface area contributed by atoms with Crippen LogP contribution in [0.15, 0.2) is 36.8 Å². The molecule has 0 spiro atoms. The van der Waals surface area contributed by atoms with Gasteiger partial charge in [-0.1, -0.05) is 6.07 Å². The molecule has 146 valence electrons. The molecular weight excluding hydrogens is 384 g/mol. The second-order valence-corrected chi connectivity index (χ2v) is 6.36. The summed E-state index contributed by atoms with van der Waals surface area (Å²) in [6.07, 6.45) is -1.09. The van der Waals surface area contributed by atoms with Crippen LogP contribution in [0.4, 0.5) is 17.6 Å². The van der Waals surface area contributed by atoms with Crippen molar-refractivity contribution in [2.24, 2.45) is 0 Å². The number of hydrogen-bond donors (Lipinski definition) is 2. The van der Waals surface area contributed by atoms with Crippen LogP contribution < -0.4 is 5.32 Å². The van der Waals surface area contributed by atoms with Gasteiger partial charge in [0.25, 0.3) is 5.91 Å². The Balaban J connectivity index is 1.66. The van der Waals surface area contributed by atoms with Crippen molar-refractivity contribution in [2.45, 2.75) is 11.7 Å². The van der Waals surface area contributed by atoms with Crippen molar-refractivity contribution in [1.29, 1.82) is 0 Å². The van der Waals surface area contributed by atoms with Crippen LogP contribution in [0.1, 0.15) is 21.5 Å². The fraction of sp³-hybridized carbons (Fsp3) is 0.235. The number of nitrogens with zero attached hydrogens (tertiary/aromatic N) is 3. The van der Waals surface area contributed by atoms with E-state index in [4.69, 9.17) is 4.74 Å². The topological polar surface area (TPSA) is 88.8 Å². The third-order valence-corrected chi connectivity index (χ3v) is 4.45. The summed E-state index contributed by atoms with van der Waals surface area (Å²) in [4.78, 5) is 16.6. The number of aromatic nitrogens is 3. The van der Waals surface area contributed by atoms with Gasteiger partial charge in [0.15, 0.2) is 11.4 Å². The molecule has 7 nitrogen and oxygen atoms in total. The lowest BCUT2D eigenvalue weighted by molar-refractivity contribution is -0.137. The number of rotatable bonds is 3. The molecule has 2 aromatic heterocycles. The van der Waals surface area contributed by atoms with Crippen molar-refractivity contribution in [2.75, 3.05) is 13.2 Å². The monoisotopic (exact) mass is 396 g/mol. The fourth-order valence-electron chi connectivity index (χ4n) is 2.99. The number of fused-ring (bicyclic) bond motifs is 1. The summed E-state index contributed by atoms with van der Waals surface area (Å²) in [5.74, 6) is -1.91. The number of halogens is 4. The highest BCUT2D eigenvalue weighted by Gasteiger charge is 2.45. The van der Waals surface area contributed by atoms with E-state index < -0.39 is 29.0 Å². The second kappa shape index (κ2) is 6.16. The van der Waals surface area contributed by atoms with Crippen LogP contribution in [0.3, 0.4) is 0 Å². The molecule has 1 aliphatic rings. The molecule has 1 saturated heterocycles. The average molecular weight is 396 g/mol. The summed E-state index contributed by atoms with van der Waals surface area (Å²) in [5, 5.41) is 15.9. The predicted octanol–water partition coefficient (Wildman–Crippen LogP) is 2.25. The van der Waals surface area contributed by atoms with Gasteiger partial charge >= 0.3 is 6.18 Å². The van der Waals surface area contributed by atoms with Crippen LogP contribution in [-0.4, -0.2) is 38.8 Å². The maximum Gasteiger partial charge on any atom is 0.416 e. The van der Waals surface area contributed by atoms with Gasteiger partial charge in [-0.3, -0.25) is 4.79 Å². The molecule has 4 rings (SSSR count). The van der Waals surface area contributed by atoms with Crippen molar-refractivity contribution in [3.05, 3.63) is 59.3 Å².